The fourth-order valence-electron chi connectivity index (χ4n) is 5.58. The second-order valence-electron chi connectivity index (χ2n) is 8.52. The summed E-state index contributed by atoms with van der Waals surface area (Å²) in [4.78, 5) is 21.8. The van der Waals surface area contributed by atoms with Gasteiger partial charge in [0.15, 0.2) is 10.2 Å². The largest absolute Gasteiger partial charge is 0.355 e. The lowest BCUT2D eigenvalue weighted by molar-refractivity contribution is -0.385. The topological polar surface area (TPSA) is 134 Å². The second kappa shape index (κ2) is 7.89. The maximum atomic E-state index is 11.3. The first-order chi connectivity index (χ1) is 15.8. The van der Waals surface area contributed by atoms with E-state index in [4.69, 9.17) is 24.4 Å². The molecular weight excluding hydrogens is 464 g/mol. The molecule has 0 bridgehead atoms. The number of nitrogens with one attached hydrogen (secondary N) is 4. The highest BCUT2D eigenvalue weighted by Gasteiger charge is 2.61. The molecule has 170 valence electrons. The number of nitrogens with zero attached hydrogens (tertiary/aromatic N) is 2. The van der Waals surface area contributed by atoms with Crippen molar-refractivity contribution in [3.63, 3.8) is 0 Å². The van der Waals surface area contributed by atoms with Crippen LogP contribution in [-0.4, -0.2) is 25.7 Å². The Balaban J connectivity index is 1.55. The number of rotatable bonds is 4. The minimum atomic E-state index is -0.699. The molecule has 12 heteroatoms. The molecule has 1 aliphatic carbocycles. The third kappa shape index (κ3) is 3.55. The third-order valence-electron chi connectivity index (χ3n) is 6.86. The van der Waals surface area contributed by atoms with Crippen molar-refractivity contribution < 1.29 is 9.85 Å². The number of non-ortho nitro benzene ring substituents is 2. The van der Waals surface area contributed by atoms with Crippen LogP contribution in [0, 0.1) is 32.1 Å². The van der Waals surface area contributed by atoms with E-state index < -0.39 is 15.5 Å². The summed E-state index contributed by atoms with van der Waals surface area (Å²) in [5.41, 5.74) is 0.888. The fraction of sp³-hybridized carbons (Fsp3) is 0.333. The summed E-state index contributed by atoms with van der Waals surface area (Å²) < 4.78 is 0. The van der Waals surface area contributed by atoms with Gasteiger partial charge < -0.3 is 21.3 Å². The lowest BCUT2D eigenvalue weighted by atomic mass is 9.75. The SMILES string of the molecule is O=[N+]([O-])c1cccc(C2NC(=S)NC34NC(=S)NC(c5cccc([N+](=O)[O-])c5)C3CCC24)c1. The summed E-state index contributed by atoms with van der Waals surface area (Å²) in [7, 11) is 0. The van der Waals surface area contributed by atoms with E-state index in [1.807, 2.05) is 12.1 Å². The average Bonchev–Trinajstić information content (AvgIpc) is 3.16. The Morgan fingerprint density at radius 1 is 0.788 bits per heavy atom. The molecule has 1 saturated carbocycles. The molecule has 2 saturated heterocycles. The predicted molar refractivity (Wildman–Crippen MR) is 128 cm³/mol. The van der Waals surface area contributed by atoms with Crippen molar-refractivity contribution in [2.75, 3.05) is 0 Å². The summed E-state index contributed by atoms with van der Waals surface area (Å²) in [6.45, 7) is 0. The monoisotopic (exact) mass is 484 g/mol. The van der Waals surface area contributed by atoms with Gasteiger partial charge in [0.05, 0.1) is 21.9 Å². The molecular formula is C21H20N6O4S2. The molecule has 10 nitrogen and oxygen atoms in total. The van der Waals surface area contributed by atoms with Crippen LogP contribution in [0.25, 0.3) is 0 Å². The van der Waals surface area contributed by atoms with Gasteiger partial charge in [-0.25, -0.2) is 0 Å². The zero-order valence-corrected chi connectivity index (χ0v) is 18.8. The van der Waals surface area contributed by atoms with Gasteiger partial charge in [0, 0.05) is 36.1 Å². The predicted octanol–water partition coefficient (Wildman–Crippen LogP) is 2.96. The van der Waals surface area contributed by atoms with Crippen molar-refractivity contribution in [3.05, 3.63) is 79.9 Å². The third-order valence-corrected chi connectivity index (χ3v) is 7.30. The first-order valence-electron chi connectivity index (χ1n) is 10.4. The quantitative estimate of drug-likeness (QED) is 0.291. The molecule has 3 aliphatic rings. The van der Waals surface area contributed by atoms with Crippen molar-refractivity contribution in [1.82, 2.24) is 21.3 Å². The van der Waals surface area contributed by atoms with Gasteiger partial charge in [-0.1, -0.05) is 24.3 Å². The molecule has 2 aromatic rings. The molecule has 2 aliphatic heterocycles. The molecule has 1 spiro atoms. The Kier molecular flexibility index (Phi) is 5.13. The van der Waals surface area contributed by atoms with Gasteiger partial charge in [-0.3, -0.25) is 20.2 Å². The van der Waals surface area contributed by atoms with Crippen LogP contribution in [0.1, 0.15) is 36.1 Å². The van der Waals surface area contributed by atoms with Gasteiger partial charge in [0.2, 0.25) is 0 Å². The summed E-state index contributed by atoms with van der Waals surface area (Å²) in [6.07, 6.45) is 1.59. The number of thiocarbonyl (C=S) groups is 2. The lowest BCUT2D eigenvalue weighted by Crippen LogP contribution is -2.77. The molecule has 0 radical (unpaired) electrons. The number of hydrogen-bond acceptors (Lipinski definition) is 6. The maximum absolute atomic E-state index is 11.3. The van der Waals surface area contributed by atoms with Crippen LogP contribution in [0.15, 0.2) is 48.5 Å². The summed E-state index contributed by atoms with van der Waals surface area (Å²) in [6, 6.07) is 12.6. The van der Waals surface area contributed by atoms with E-state index in [0.717, 1.165) is 24.0 Å². The summed E-state index contributed by atoms with van der Waals surface area (Å²) in [5.74, 6) is -0.0603. The highest BCUT2D eigenvalue weighted by Crippen LogP contribution is 2.53. The van der Waals surface area contributed by atoms with Crippen LogP contribution in [0.5, 0.6) is 0 Å². The summed E-state index contributed by atoms with van der Waals surface area (Å²) >= 11 is 11.1. The Morgan fingerprint density at radius 3 is 1.61 bits per heavy atom. The van der Waals surface area contributed by atoms with E-state index in [1.54, 1.807) is 24.3 Å². The molecule has 4 unspecified atom stereocenters. The molecule has 0 amide bonds. The normalized spacial score (nSPS) is 30.1. The Labute approximate surface area is 199 Å². The first-order valence-corrected chi connectivity index (χ1v) is 11.3. The van der Waals surface area contributed by atoms with Gasteiger partial charge in [-0.15, -0.1) is 0 Å². The first kappa shape index (κ1) is 21.5. The molecule has 3 fully saturated rings. The van der Waals surface area contributed by atoms with Gasteiger partial charge in [-0.2, -0.15) is 0 Å². The zero-order valence-electron chi connectivity index (χ0n) is 17.2. The lowest BCUT2D eigenvalue weighted by Gasteiger charge is -2.54. The van der Waals surface area contributed by atoms with E-state index >= 15 is 0 Å². The standard InChI is InChI=1S/C21H20N6O4S2/c28-26(29)13-5-1-3-11(9-13)17-15-7-8-16-18(12-4-2-6-14(10-12)27(30)31)23-20(33)25-21(15,16)24-19(32)22-17/h1-6,9-10,15-18H,7-8H2,(H2,22,24,32)(H2,23,25,33). The van der Waals surface area contributed by atoms with Crippen molar-refractivity contribution in [3.8, 4) is 0 Å². The fourth-order valence-corrected chi connectivity index (χ4v) is 6.17. The van der Waals surface area contributed by atoms with E-state index in [1.165, 1.54) is 12.1 Å². The van der Waals surface area contributed by atoms with E-state index in [2.05, 4.69) is 21.3 Å². The van der Waals surface area contributed by atoms with E-state index in [9.17, 15) is 20.2 Å². The minimum absolute atomic E-state index is 0.0191. The van der Waals surface area contributed by atoms with Gasteiger partial charge >= 0.3 is 0 Å². The van der Waals surface area contributed by atoms with Crippen LogP contribution in [0.3, 0.4) is 0 Å². The van der Waals surface area contributed by atoms with E-state index in [-0.39, 0.29) is 35.3 Å². The van der Waals surface area contributed by atoms with Crippen molar-refractivity contribution in [2.45, 2.75) is 30.6 Å². The van der Waals surface area contributed by atoms with Gasteiger partial charge in [-0.05, 0) is 48.4 Å². The average molecular weight is 485 g/mol. The molecule has 4 N–H and O–H groups in total. The molecule has 4 atom stereocenters. The molecule has 2 heterocycles. The highest BCUT2D eigenvalue weighted by molar-refractivity contribution is 7.80. The van der Waals surface area contributed by atoms with Crippen molar-refractivity contribution in [1.29, 1.82) is 0 Å². The van der Waals surface area contributed by atoms with Crippen LogP contribution >= 0.6 is 24.4 Å². The molecule has 5 rings (SSSR count). The number of benzene rings is 2. The molecule has 2 aromatic carbocycles. The van der Waals surface area contributed by atoms with Crippen LogP contribution in [-0.2, 0) is 0 Å². The smallest absolute Gasteiger partial charge is 0.269 e. The van der Waals surface area contributed by atoms with E-state index in [0.29, 0.717) is 10.2 Å². The zero-order chi connectivity index (χ0) is 23.3. The van der Waals surface area contributed by atoms with Crippen LogP contribution in [0.2, 0.25) is 0 Å². The van der Waals surface area contributed by atoms with Gasteiger partial charge in [0.1, 0.15) is 5.66 Å². The van der Waals surface area contributed by atoms with Crippen LogP contribution < -0.4 is 21.3 Å². The van der Waals surface area contributed by atoms with Crippen LogP contribution in [0.4, 0.5) is 11.4 Å². The number of nitro benzene ring substituents is 2. The Bertz CT molecular complexity index is 1100. The number of nitro groups is 2. The van der Waals surface area contributed by atoms with Gasteiger partial charge in [0.25, 0.3) is 11.4 Å². The number of hydrogen-bond donors (Lipinski definition) is 4. The Morgan fingerprint density at radius 2 is 1.21 bits per heavy atom. The molecule has 0 aromatic heterocycles. The van der Waals surface area contributed by atoms with Crippen molar-refractivity contribution >= 4 is 46.0 Å². The van der Waals surface area contributed by atoms with Crippen molar-refractivity contribution in [2.24, 2.45) is 11.8 Å². The second-order valence-corrected chi connectivity index (χ2v) is 9.33. The minimum Gasteiger partial charge on any atom is -0.355 e. The summed E-state index contributed by atoms with van der Waals surface area (Å²) in [5, 5.41) is 36.9. The maximum Gasteiger partial charge on any atom is 0.269 e. The Hall–Kier alpha value is -3.38. The molecule has 33 heavy (non-hydrogen) atoms. The highest BCUT2D eigenvalue weighted by atomic mass is 32.1.